The topological polar surface area (TPSA) is 66.8 Å². The molecule has 0 heterocycles. The number of carbonyl (C=O) groups is 1. The second kappa shape index (κ2) is 6.50. The molecule has 0 aromatic heterocycles. The highest BCUT2D eigenvalue weighted by Gasteiger charge is 2.13. The van der Waals surface area contributed by atoms with Gasteiger partial charge < -0.3 is 14.9 Å². The van der Waals surface area contributed by atoms with Crippen molar-refractivity contribution in [3.8, 4) is 17.2 Å². The predicted molar refractivity (Wildman–Crippen MR) is 80.4 cm³/mol. The number of rotatable bonds is 5. The molecule has 0 aliphatic rings. The van der Waals surface area contributed by atoms with E-state index in [4.69, 9.17) is 16.3 Å². The van der Waals surface area contributed by atoms with Crippen molar-refractivity contribution in [2.75, 3.05) is 6.61 Å². The van der Waals surface area contributed by atoms with Gasteiger partial charge in [0.1, 0.15) is 17.2 Å². The van der Waals surface area contributed by atoms with E-state index < -0.39 is 0 Å². The number of carbonyl (C=O) groups excluding carboxylic acids is 1. The fraction of sp³-hybridized carbons (Fsp3) is 0.188. The van der Waals surface area contributed by atoms with Gasteiger partial charge in [0.15, 0.2) is 5.78 Å². The minimum atomic E-state index is -0.257. The van der Waals surface area contributed by atoms with Crippen LogP contribution in [0.5, 0.6) is 17.2 Å². The smallest absolute Gasteiger partial charge is 0.170 e. The van der Waals surface area contributed by atoms with Gasteiger partial charge in [0.2, 0.25) is 0 Å². The van der Waals surface area contributed by atoms with E-state index in [-0.39, 0.29) is 29.3 Å². The molecule has 0 aliphatic heterocycles. The largest absolute Gasteiger partial charge is 0.508 e. The van der Waals surface area contributed by atoms with Crippen molar-refractivity contribution in [2.24, 2.45) is 0 Å². The van der Waals surface area contributed by atoms with Gasteiger partial charge in [-0.25, -0.2) is 0 Å². The molecule has 0 spiro atoms. The molecular formula is C16H15ClO4. The van der Waals surface area contributed by atoms with Crippen LogP contribution in [0.3, 0.4) is 0 Å². The summed E-state index contributed by atoms with van der Waals surface area (Å²) in [7, 11) is 0. The Morgan fingerprint density at radius 3 is 2.57 bits per heavy atom. The standard InChI is InChI=1S/C16H15ClO4/c1-2-21-16-6-3-10(7-13(16)17)8-14(19)12-5-4-11(18)9-15(12)20/h3-7,9,18,20H,2,8H2,1H3. The zero-order valence-corrected chi connectivity index (χ0v) is 12.2. The van der Waals surface area contributed by atoms with Crippen LogP contribution < -0.4 is 4.74 Å². The lowest BCUT2D eigenvalue weighted by Crippen LogP contribution is -2.04. The van der Waals surface area contributed by atoms with Crippen LogP contribution >= 0.6 is 11.6 Å². The number of hydrogen-bond donors (Lipinski definition) is 2. The Morgan fingerprint density at radius 1 is 1.19 bits per heavy atom. The number of hydrogen-bond acceptors (Lipinski definition) is 4. The third kappa shape index (κ3) is 3.67. The lowest BCUT2D eigenvalue weighted by Gasteiger charge is -2.08. The van der Waals surface area contributed by atoms with E-state index >= 15 is 0 Å². The number of phenolic OH excluding ortho intramolecular Hbond substituents is 2. The van der Waals surface area contributed by atoms with Crippen molar-refractivity contribution in [2.45, 2.75) is 13.3 Å². The summed E-state index contributed by atoms with van der Waals surface area (Å²) < 4.78 is 5.33. The summed E-state index contributed by atoms with van der Waals surface area (Å²) in [5.41, 5.74) is 0.888. The van der Waals surface area contributed by atoms with Gasteiger partial charge in [-0.1, -0.05) is 17.7 Å². The maximum Gasteiger partial charge on any atom is 0.170 e. The van der Waals surface area contributed by atoms with E-state index in [2.05, 4.69) is 0 Å². The van der Waals surface area contributed by atoms with E-state index in [1.807, 2.05) is 6.92 Å². The summed E-state index contributed by atoms with van der Waals surface area (Å²) in [6.07, 6.45) is 0.102. The summed E-state index contributed by atoms with van der Waals surface area (Å²) in [6, 6.07) is 9.03. The average molecular weight is 307 g/mol. The molecule has 0 atom stereocenters. The number of halogens is 1. The quantitative estimate of drug-likeness (QED) is 0.829. The van der Waals surface area contributed by atoms with Gasteiger partial charge in [0.25, 0.3) is 0 Å². The Labute approximate surface area is 127 Å². The Balaban J connectivity index is 2.17. The Morgan fingerprint density at radius 2 is 1.95 bits per heavy atom. The zero-order valence-electron chi connectivity index (χ0n) is 11.5. The zero-order chi connectivity index (χ0) is 15.4. The van der Waals surface area contributed by atoms with E-state index in [1.54, 1.807) is 18.2 Å². The molecular weight excluding hydrogens is 292 g/mol. The first-order valence-electron chi connectivity index (χ1n) is 6.47. The molecule has 0 bridgehead atoms. The number of aromatic hydroxyl groups is 2. The molecule has 4 nitrogen and oxygen atoms in total. The van der Waals surface area contributed by atoms with Gasteiger partial charge in [0.05, 0.1) is 17.2 Å². The first-order valence-corrected chi connectivity index (χ1v) is 6.85. The predicted octanol–water partition coefficient (Wildman–Crippen LogP) is 3.58. The molecule has 2 rings (SSSR count). The second-order valence-corrected chi connectivity index (χ2v) is 4.91. The van der Waals surface area contributed by atoms with Crippen LogP contribution in [0.25, 0.3) is 0 Å². The van der Waals surface area contributed by atoms with E-state index in [1.165, 1.54) is 12.1 Å². The summed E-state index contributed by atoms with van der Waals surface area (Å²) in [5, 5.41) is 19.3. The number of ketones is 1. The van der Waals surface area contributed by atoms with Crippen LogP contribution in [0, 0.1) is 0 Å². The highest BCUT2D eigenvalue weighted by Crippen LogP contribution is 2.27. The molecule has 0 radical (unpaired) electrons. The van der Waals surface area contributed by atoms with Gasteiger partial charge in [0, 0.05) is 12.5 Å². The van der Waals surface area contributed by atoms with Crippen molar-refractivity contribution in [3.05, 3.63) is 52.5 Å². The summed E-state index contributed by atoms with van der Waals surface area (Å²) in [5.74, 6) is -0.0132. The van der Waals surface area contributed by atoms with E-state index in [9.17, 15) is 15.0 Å². The molecule has 21 heavy (non-hydrogen) atoms. The monoisotopic (exact) mass is 306 g/mol. The normalized spacial score (nSPS) is 10.4. The van der Waals surface area contributed by atoms with Gasteiger partial charge in [-0.15, -0.1) is 0 Å². The molecule has 0 saturated carbocycles. The number of Topliss-reactive ketones (excluding diaryl/α,β-unsaturated/α-hetero) is 1. The van der Waals surface area contributed by atoms with Crippen molar-refractivity contribution in [3.63, 3.8) is 0 Å². The fourth-order valence-electron chi connectivity index (χ4n) is 1.96. The molecule has 2 aromatic carbocycles. The van der Waals surface area contributed by atoms with E-state index in [0.29, 0.717) is 17.4 Å². The van der Waals surface area contributed by atoms with Gasteiger partial charge in [-0.2, -0.15) is 0 Å². The van der Waals surface area contributed by atoms with Crippen LogP contribution in [0.1, 0.15) is 22.8 Å². The molecule has 0 fully saturated rings. The number of ether oxygens (including phenoxy) is 1. The van der Waals surface area contributed by atoms with Crippen LogP contribution in [-0.2, 0) is 6.42 Å². The molecule has 5 heteroatoms. The van der Waals surface area contributed by atoms with Crippen LogP contribution in [0.4, 0.5) is 0 Å². The summed E-state index contributed by atoms with van der Waals surface area (Å²) in [6.45, 7) is 2.38. The maximum absolute atomic E-state index is 12.2. The highest BCUT2D eigenvalue weighted by molar-refractivity contribution is 6.32. The van der Waals surface area contributed by atoms with Crippen molar-refractivity contribution in [1.29, 1.82) is 0 Å². The SMILES string of the molecule is CCOc1ccc(CC(=O)c2ccc(O)cc2O)cc1Cl. The van der Waals surface area contributed by atoms with Crippen molar-refractivity contribution in [1.82, 2.24) is 0 Å². The maximum atomic E-state index is 12.2. The van der Waals surface area contributed by atoms with Gasteiger partial charge in [-0.05, 0) is 36.8 Å². The Hall–Kier alpha value is -2.20. The molecule has 2 N–H and O–H groups in total. The fourth-order valence-corrected chi connectivity index (χ4v) is 2.22. The molecule has 0 amide bonds. The van der Waals surface area contributed by atoms with Gasteiger partial charge in [-0.3, -0.25) is 4.79 Å². The Bertz CT molecular complexity index is 667. The van der Waals surface area contributed by atoms with Crippen LogP contribution in [0.15, 0.2) is 36.4 Å². The molecule has 0 saturated heterocycles. The number of benzene rings is 2. The third-order valence-electron chi connectivity index (χ3n) is 2.94. The van der Waals surface area contributed by atoms with Crippen LogP contribution in [-0.4, -0.2) is 22.6 Å². The summed E-state index contributed by atoms with van der Waals surface area (Å²) >= 11 is 6.07. The Kier molecular flexibility index (Phi) is 4.70. The lowest BCUT2D eigenvalue weighted by molar-refractivity contribution is 0.0990. The minimum Gasteiger partial charge on any atom is -0.508 e. The van der Waals surface area contributed by atoms with Gasteiger partial charge >= 0.3 is 0 Å². The highest BCUT2D eigenvalue weighted by atomic mass is 35.5. The number of phenols is 2. The molecule has 2 aromatic rings. The second-order valence-electron chi connectivity index (χ2n) is 4.50. The van der Waals surface area contributed by atoms with Crippen LogP contribution in [0.2, 0.25) is 5.02 Å². The van der Waals surface area contributed by atoms with Crippen molar-refractivity contribution < 1.29 is 19.7 Å². The molecule has 110 valence electrons. The van der Waals surface area contributed by atoms with Crippen molar-refractivity contribution >= 4 is 17.4 Å². The minimum absolute atomic E-state index is 0.0897. The molecule has 0 aliphatic carbocycles. The third-order valence-corrected chi connectivity index (χ3v) is 3.24. The first kappa shape index (κ1) is 15.2. The van der Waals surface area contributed by atoms with E-state index in [0.717, 1.165) is 11.6 Å². The first-order chi connectivity index (χ1) is 10.0. The summed E-state index contributed by atoms with van der Waals surface area (Å²) in [4.78, 5) is 12.2. The average Bonchev–Trinajstić information content (AvgIpc) is 2.41. The molecule has 0 unspecified atom stereocenters. The lowest BCUT2D eigenvalue weighted by atomic mass is 10.0.